The molecule has 0 saturated carbocycles. The summed E-state index contributed by atoms with van der Waals surface area (Å²) in [7, 11) is 0. The maximum atomic E-state index is 11.7. The van der Waals surface area contributed by atoms with Crippen molar-refractivity contribution in [2.45, 2.75) is 13.8 Å². The van der Waals surface area contributed by atoms with Crippen molar-refractivity contribution < 1.29 is 9.59 Å². The lowest BCUT2D eigenvalue weighted by molar-refractivity contribution is 0.0944. The summed E-state index contributed by atoms with van der Waals surface area (Å²) in [4.78, 5) is 27.2. The number of aromatic nitrogens is 1. The van der Waals surface area contributed by atoms with Gasteiger partial charge in [-0.1, -0.05) is 19.9 Å². The van der Waals surface area contributed by atoms with Crippen molar-refractivity contribution in [1.29, 1.82) is 0 Å². The average molecular weight is 267 g/mol. The van der Waals surface area contributed by atoms with Crippen molar-refractivity contribution in [3.8, 4) is 0 Å². The van der Waals surface area contributed by atoms with Crippen LogP contribution in [0.25, 0.3) is 0 Å². The average Bonchev–Trinajstić information content (AvgIpc) is 2.82. The Balaban J connectivity index is 2.59. The quantitative estimate of drug-likeness (QED) is 0.766. The molecule has 0 fully saturated rings. The lowest BCUT2D eigenvalue weighted by atomic mass is 10.2. The second-order valence-electron chi connectivity index (χ2n) is 4.14. The van der Waals surface area contributed by atoms with E-state index in [1.807, 2.05) is 13.8 Å². The molecular weight excluding hydrogens is 250 g/mol. The van der Waals surface area contributed by atoms with Crippen molar-refractivity contribution in [3.63, 3.8) is 0 Å². The molecule has 0 aliphatic rings. The lowest BCUT2D eigenvalue weighted by Gasteiger charge is -2.05. The second kappa shape index (κ2) is 6.90. The Morgan fingerprint density at radius 1 is 1.44 bits per heavy atom. The van der Waals surface area contributed by atoms with E-state index >= 15 is 0 Å². The van der Waals surface area contributed by atoms with Gasteiger partial charge in [0.05, 0.1) is 0 Å². The third kappa shape index (κ3) is 4.29. The van der Waals surface area contributed by atoms with Gasteiger partial charge in [0, 0.05) is 18.5 Å². The van der Waals surface area contributed by atoms with Gasteiger partial charge in [-0.2, -0.15) is 0 Å². The molecule has 6 heteroatoms. The molecule has 1 rings (SSSR count). The van der Waals surface area contributed by atoms with Gasteiger partial charge in [-0.3, -0.25) is 9.59 Å². The Kier molecular flexibility index (Phi) is 5.51. The van der Waals surface area contributed by atoms with Crippen molar-refractivity contribution in [2.75, 3.05) is 13.1 Å². The molecule has 0 unspecified atom stereocenters. The molecule has 5 nitrogen and oxygen atoms in total. The zero-order valence-electron chi connectivity index (χ0n) is 10.5. The fourth-order valence-electron chi connectivity index (χ4n) is 1.11. The maximum Gasteiger partial charge on any atom is 0.280 e. The monoisotopic (exact) mass is 267 g/mol. The lowest BCUT2D eigenvalue weighted by Crippen LogP contribution is -2.28. The molecule has 98 valence electrons. The van der Waals surface area contributed by atoms with Crippen molar-refractivity contribution in [2.24, 2.45) is 5.92 Å². The van der Waals surface area contributed by atoms with E-state index in [0.717, 1.165) is 11.3 Å². The zero-order chi connectivity index (χ0) is 13.5. The number of nitrogens with one attached hydrogen (secondary N) is 2. The first-order valence-corrected chi connectivity index (χ1v) is 6.55. The highest BCUT2D eigenvalue weighted by Crippen LogP contribution is 2.09. The van der Waals surface area contributed by atoms with Gasteiger partial charge in [0.25, 0.3) is 11.8 Å². The van der Waals surface area contributed by atoms with Crippen LogP contribution in [-0.4, -0.2) is 29.9 Å². The smallest absolute Gasteiger partial charge is 0.280 e. The van der Waals surface area contributed by atoms with Gasteiger partial charge in [-0.25, -0.2) is 4.98 Å². The van der Waals surface area contributed by atoms with E-state index in [1.54, 1.807) is 11.5 Å². The second-order valence-corrected chi connectivity index (χ2v) is 5.00. The number of hydrogen-bond donors (Lipinski definition) is 2. The van der Waals surface area contributed by atoms with Gasteiger partial charge in [-0.15, -0.1) is 17.9 Å². The van der Waals surface area contributed by atoms with E-state index < -0.39 is 0 Å². The van der Waals surface area contributed by atoms with E-state index in [1.165, 1.54) is 0 Å². The molecule has 1 heterocycles. The third-order valence-electron chi connectivity index (χ3n) is 2.01. The molecule has 18 heavy (non-hydrogen) atoms. The minimum absolute atomic E-state index is 0.247. The fourth-order valence-corrected chi connectivity index (χ4v) is 1.82. The first kappa shape index (κ1) is 14.4. The number of carbonyl (C=O) groups excluding carboxylic acids is 2. The number of amides is 2. The van der Waals surface area contributed by atoms with Gasteiger partial charge < -0.3 is 10.6 Å². The Labute approximate surface area is 110 Å². The molecule has 0 saturated heterocycles. The predicted octanol–water partition coefficient (Wildman–Crippen LogP) is 1.44. The molecule has 0 spiro atoms. The van der Waals surface area contributed by atoms with Gasteiger partial charge in [0.2, 0.25) is 0 Å². The summed E-state index contributed by atoms with van der Waals surface area (Å²) in [5.74, 6) is -0.159. The maximum absolute atomic E-state index is 11.7. The first-order valence-electron chi connectivity index (χ1n) is 5.67. The number of thiazole rings is 1. The van der Waals surface area contributed by atoms with Crippen LogP contribution in [-0.2, 0) is 0 Å². The number of nitrogens with zero attached hydrogens (tertiary/aromatic N) is 1. The number of carbonyl (C=O) groups is 2. The Hall–Kier alpha value is -1.69. The van der Waals surface area contributed by atoms with Crippen LogP contribution in [0.3, 0.4) is 0 Å². The molecule has 0 atom stereocenters. The summed E-state index contributed by atoms with van der Waals surface area (Å²) in [5, 5.41) is 7.23. The highest BCUT2D eigenvalue weighted by molar-refractivity contribution is 7.11. The molecular formula is C12H17N3O2S. The number of hydrogen-bond acceptors (Lipinski definition) is 4. The zero-order valence-corrected chi connectivity index (χ0v) is 11.3. The Morgan fingerprint density at radius 3 is 2.78 bits per heavy atom. The van der Waals surface area contributed by atoms with E-state index in [4.69, 9.17) is 0 Å². The summed E-state index contributed by atoms with van der Waals surface area (Å²) >= 11 is 1.15. The largest absolute Gasteiger partial charge is 0.350 e. The topological polar surface area (TPSA) is 71.1 Å². The molecule has 0 radical (unpaired) electrons. The minimum Gasteiger partial charge on any atom is -0.350 e. The van der Waals surface area contributed by atoms with Gasteiger partial charge >= 0.3 is 0 Å². The molecule has 2 N–H and O–H groups in total. The molecule has 0 bridgehead atoms. The van der Waals surface area contributed by atoms with Crippen molar-refractivity contribution >= 4 is 23.2 Å². The van der Waals surface area contributed by atoms with Crippen LogP contribution in [0.4, 0.5) is 0 Å². The van der Waals surface area contributed by atoms with Crippen LogP contribution in [0.2, 0.25) is 0 Å². The molecule has 2 amide bonds. The standard InChI is InChI=1S/C12H17N3O2S/c1-4-5-13-11(17)12-15-9(7-18-12)10(16)14-6-8(2)3/h4,7-8H,1,5-6H2,2-3H3,(H,13,17)(H,14,16). The summed E-state index contributed by atoms with van der Waals surface area (Å²) in [5.41, 5.74) is 0.282. The van der Waals surface area contributed by atoms with Crippen LogP contribution in [0.15, 0.2) is 18.0 Å². The summed E-state index contributed by atoms with van der Waals surface area (Å²) < 4.78 is 0. The van der Waals surface area contributed by atoms with Crippen LogP contribution in [0, 0.1) is 5.92 Å². The van der Waals surface area contributed by atoms with Crippen LogP contribution in [0.1, 0.15) is 34.1 Å². The highest BCUT2D eigenvalue weighted by Gasteiger charge is 2.14. The highest BCUT2D eigenvalue weighted by atomic mass is 32.1. The third-order valence-corrected chi connectivity index (χ3v) is 2.85. The van der Waals surface area contributed by atoms with E-state index in [-0.39, 0.29) is 22.5 Å². The predicted molar refractivity (Wildman–Crippen MR) is 71.8 cm³/mol. The summed E-state index contributed by atoms with van der Waals surface area (Å²) in [6.07, 6.45) is 1.59. The fraction of sp³-hybridized carbons (Fsp3) is 0.417. The SMILES string of the molecule is C=CCNC(=O)c1nc(C(=O)NCC(C)C)cs1. The molecule has 0 aliphatic heterocycles. The van der Waals surface area contributed by atoms with Gasteiger partial charge in [0.15, 0.2) is 5.01 Å². The van der Waals surface area contributed by atoms with Crippen molar-refractivity contribution in [3.05, 3.63) is 28.7 Å². The molecule has 1 aromatic rings. The van der Waals surface area contributed by atoms with Crippen LogP contribution < -0.4 is 10.6 Å². The van der Waals surface area contributed by atoms with E-state index in [9.17, 15) is 9.59 Å². The Morgan fingerprint density at radius 2 is 2.17 bits per heavy atom. The van der Waals surface area contributed by atoms with Gasteiger partial charge in [0.1, 0.15) is 5.69 Å². The summed E-state index contributed by atoms with van der Waals surface area (Å²) in [6, 6.07) is 0. The molecule has 0 aliphatic carbocycles. The first-order chi connectivity index (χ1) is 8.54. The normalized spacial score (nSPS) is 10.2. The minimum atomic E-state index is -0.289. The van der Waals surface area contributed by atoms with Crippen molar-refractivity contribution in [1.82, 2.24) is 15.6 Å². The molecule has 1 aromatic heterocycles. The number of rotatable bonds is 6. The van der Waals surface area contributed by atoms with E-state index in [2.05, 4.69) is 22.2 Å². The van der Waals surface area contributed by atoms with E-state index in [0.29, 0.717) is 19.0 Å². The Bertz CT molecular complexity index is 440. The van der Waals surface area contributed by atoms with Gasteiger partial charge in [-0.05, 0) is 5.92 Å². The molecule has 0 aromatic carbocycles. The van der Waals surface area contributed by atoms with Crippen LogP contribution in [0.5, 0.6) is 0 Å². The summed E-state index contributed by atoms with van der Waals surface area (Å²) in [6.45, 7) is 8.50. The van der Waals surface area contributed by atoms with Crippen LogP contribution >= 0.6 is 11.3 Å².